The van der Waals surface area contributed by atoms with Gasteiger partial charge in [0.1, 0.15) is 34.5 Å². The Hall–Kier alpha value is -6.68. The Morgan fingerprint density at radius 1 is 0.372 bits per heavy atom. The van der Waals surface area contributed by atoms with Crippen LogP contribution in [0.5, 0.6) is 34.5 Å². The number of phenolic OH excluding ortho intramolecular Hbond substituents is 2. The molecule has 0 heterocycles. The number of aromatic hydroxyl groups is 2. The fraction of sp³-hybridized carbons (Fsp3) is 0.471. The summed E-state index contributed by atoms with van der Waals surface area (Å²) >= 11 is 0. The van der Waals surface area contributed by atoms with Crippen LogP contribution in [0.2, 0.25) is 0 Å². The highest BCUT2D eigenvalue weighted by Crippen LogP contribution is 2.28. The highest BCUT2D eigenvalue weighted by Gasteiger charge is 2.14. The maximum Gasteiger partial charge on any atom is 0.343 e. The van der Waals surface area contributed by atoms with Crippen LogP contribution in [0.25, 0.3) is 21.5 Å². The topological polar surface area (TPSA) is 136 Å². The first-order valence-corrected chi connectivity index (χ1v) is 29.7. The number of hydrogen-bond donors (Lipinski definition) is 2. The molecule has 6 aromatic carbocycles. The van der Waals surface area contributed by atoms with Crippen LogP contribution >= 0.6 is 0 Å². The van der Waals surface area contributed by atoms with E-state index in [4.69, 9.17) is 18.9 Å². The summed E-state index contributed by atoms with van der Waals surface area (Å²) < 4.78 is 23.3. The zero-order valence-electron chi connectivity index (χ0n) is 47.0. The summed E-state index contributed by atoms with van der Waals surface area (Å²) in [7, 11) is 0. The first-order valence-electron chi connectivity index (χ1n) is 29.7. The normalized spacial score (nSPS) is 11.6. The van der Waals surface area contributed by atoms with Crippen molar-refractivity contribution in [2.45, 2.75) is 181 Å². The third kappa shape index (κ3) is 22.4. The van der Waals surface area contributed by atoms with Gasteiger partial charge in [-0.1, -0.05) is 179 Å². The number of carbonyl (C=O) groups excluding carboxylic acids is 2. The fourth-order valence-electron chi connectivity index (χ4n) is 9.60. The predicted octanol–water partition coefficient (Wildman–Crippen LogP) is 18.3. The maximum absolute atomic E-state index is 13.1. The number of hydrogen-bond acceptors (Lipinski definition) is 10. The molecule has 0 amide bonds. The number of aliphatic imine (C=N–C) groups is 2. The van der Waals surface area contributed by atoms with Crippen LogP contribution in [0.4, 0.5) is 0 Å². The van der Waals surface area contributed by atoms with Crippen molar-refractivity contribution >= 4 is 45.9 Å². The van der Waals surface area contributed by atoms with E-state index < -0.39 is 11.9 Å². The number of carbonyl (C=O) groups is 2. The first-order chi connectivity index (χ1) is 38.3. The number of esters is 2. The Balaban J connectivity index is 0.791. The van der Waals surface area contributed by atoms with Crippen LogP contribution < -0.4 is 18.9 Å². The number of rotatable bonds is 39. The zero-order chi connectivity index (χ0) is 54.8. The van der Waals surface area contributed by atoms with Crippen LogP contribution in [0.1, 0.15) is 213 Å². The number of benzene rings is 6. The van der Waals surface area contributed by atoms with Crippen molar-refractivity contribution in [3.63, 3.8) is 0 Å². The van der Waals surface area contributed by atoms with Crippen molar-refractivity contribution < 1.29 is 38.7 Å². The summed E-state index contributed by atoms with van der Waals surface area (Å²) in [6, 6.07) is 32.4. The quantitative estimate of drug-likeness (QED) is 0.0169. The molecule has 2 N–H and O–H groups in total. The van der Waals surface area contributed by atoms with Crippen LogP contribution in [-0.4, -0.2) is 60.9 Å². The summed E-state index contributed by atoms with van der Waals surface area (Å²) in [5.74, 6) is 1.18. The lowest BCUT2D eigenvalue weighted by Crippen LogP contribution is -2.08. The van der Waals surface area contributed by atoms with Crippen molar-refractivity contribution in [1.82, 2.24) is 0 Å². The van der Waals surface area contributed by atoms with Gasteiger partial charge in [-0.3, -0.25) is 9.98 Å². The van der Waals surface area contributed by atoms with Gasteiger partial charge in [0, 0.05) is 48.8 Å². The number of fused-ring (bicyclic) bond motifs is 2. The monoisotopic (exact) mass is 1060 g/mol. The third-order valence-corrected chi connectivity index (χ3v) is 14.3. The minimum Gasteiger partial charge on any atom is -0.507 e. The van der Waals surface area contributed by atoms with E-state index in [-0.39, 0.29) is 23.0 Å². The Labute approximate surface area is 465 Å². The SMILES string of the molecule is CCCCCCCCCCCCOc1ccc2cc(C(=O)Oc3ccc(C=NCCCCCCCCN=Cc4ccc(OC(=O)c5ccc6cc(OCCCCCCCCCCCC)ccc6c5)cc4O)c(O)c3)ccc2c1. The van der Waals surface area contributed by atoms with Crippen molar-refractivity contribution in [1.29, 1.82) is 0 Å². The van der Waals surface area contributed by atoms with E-state index in [9.17, 15) is 19.8 Å². The molecule has 0 spiro atoms. The lowest BCUT2D eigenvalue weighted by molar-refractivity contribution is 0.0725. The molecule has 78 heavy (non-hydrogen) atoms. The molecule has 418 valence electrons. The first kappa shape index (κ1) is 60.5. The van der Waals surface area contributed by atoms with E-state index >= 15 is 0 Å². The summed E-state index contributed by atoms with van der Waals surface area (Å²) in [6.45, 7) is 7.22. The summed E-state index contributed by atoms with van der Waals surface area (Å²) in [5.41, 5.74) is 1.97. The van der Waals surface area contributed by atoms with Crippen molar-refractivity contribution in [3.8, 4) is 34.5 Å². The molecule has 10 heteroatoms. The van der Waals surface area contributed by atoms with Crippen LogP contribution in [0, 0.1) is 0 Å². The highest BCUT2D eigenvalue weighted by atomic mass is 16.5. The minimum absolute atomic E-state index is 0.00410. The maximum atomic E-state index is 13.1. The average molecular weight is 1060 g/mol. The number of ether oxygens (including phenoxy) is 4. The Bertz CT molecular complexity index is 2590. The molecule has 0 saturated carbocycles. The second kappa shape index (κ2) is 35.7. The van der Waals surface area contributed by atoms with E-state index in [1.165, 1.54) is 128 Å². The van der Waals surface area contributed by atoms with E-state index in [1.54, 1.807) is 48.8 Å². The molecule has 0 saturated heterocycles. The number of unbranched alkanes of at least 4 members (excludes halogenated alkanes) is 23. The van der Waals surface area contributed by atoms with Crippen LogP contribution in [-0.2, 0) is 0 Å². The van der Waals surface area contributed by atoms with Crippen molar-refractivity contribution in [2.24, 2.45) is 9.98 Å². The molecule has 0 aliphatic carbocycles. The lowest BCUT2D eigenvalue weighted by Gasteiger charge is -2.09. The van der Waals surface area contributed by atoms with E-state index in [1.807, 2.05) is 60.7 Å². The average Bonchev–Trinajstić information content (AvgIpc) is 3.46. The molecule has 0 unspecified atom stereocenters. The minimum atomic E-state index is -0.497. The molecule has 0 radical (unpaired) electrons. The molecule has 6 rings (SSSR count). The van der Waals surface area contributed by atoms with Gasteiger partial charge in [0.05, 0.1) is 24.3 Å². The summed E-state index contributed by atoms with van der Waals surface area (Å²) in [5, 5.41) is 25.1. The molecule has 0 aromatic heterocycles. The van der Waals surface area contributed by atoms with E-state index in [0.717, 1.165) is 84.4 Å². The largest absolute Gasteiger partial charge is 0.507 e. The van der Waals surface area contributed by atoms with Crippen molar-refractivity contribution in [3.05, 3.63) is 131 Å². The number of nitrogens with zero attached hydrogens (tertiary/aromatic N) is 2. The van der Waals surface area contributed by atoms with Gasteiger partial charge in [0.25, 0.3) is 0 Å². The fourth-order valence-corrected chi connectivity index (χ4v) is 9.60. The van der Waals surface area contributed by atoms with E-state index in [0.29, 0.717) is 48.6 Å². The number of phenols is 2. The Kier molecular flexibility index (Phi) is 27.7. The molecule has 0 aliphatic rings. The third-order valence-electron chi connectivity index (χ3n) is 14.3. The summed E-state index contributed by atoms with van der Waals surface area (Å²) in [4.78, 5) is 35.1. The predicted molar refractivity (Wildman–Crippen MR) is 321 cm³/mol. The molecule has 10 nitrogen and oxygen atoms in total. The second-order valence-electron chi connectivity index (χ2n) is 20.9. The van der Waals surface area contributed by atoms with Gasteiger partial charge in [0.2, 0.25) is 0 Å². The Morgan fingerprint density at radius 3 is 1.06 bits per heavy atom. The van der Waals surface area contributed by atoms with Gasteiger partial charge in [-0.15, -0.1) is 0 Å². The van der Waals surface area contributed by atoms with Crippen LogP contribution in [0.3, 0.4) is 0 Å². The van der Waals surface area contributed by atoms with Gasteiger partial charge < -0.3 is 29.2 Å². The highest BCUT2D eigenvalue weighted by molar-refractivity contribution is 5.98. The van der Waals surface area contributed by atoms with Gasteiger partial charge >= 0.3 is 11.9 Å². The van der Waals surface area contributed by atoms with Gasteiger partial charge in [0.15, 0.2) is 0 Å². The molecule has 6 aromatic rings. The Morgan fingerprint density at radius 2 is 0.692 bits per heavy atom. The molecule has 0 aliphatic heterocycles. The second-order valence-corrected chi connectivity index (χ2v) is 20.9. The van der Waals surface area contributed by atoms with Gasteiger partial charge in [-0.25, -0.2) is 9.59 Å². The standard InChI is InChI=1S/C68H88N2O8/c1-3-5-7-9-11-13-15-19-23-27-43-75-61-37-33-53-45-57(31-29-55(53)47-61)67(73)77-63-39-35-59(65(71)49-63)51-69-41-25-21-17-18-22-26-42-70-52-60-36-40-64(50-66(60)72)78-68(74)58-32-30-56-48-62(38-34-54(56)46-58)76-44-28-24-20-16-14-12-10-8-6-4-2/h29-40,45-52,71-72H,3-28,41-44H2,1-2H3. The van der Waals surface area contributed by atoms with Crippen molar-refractivity contribution in [2.75, 3.05) is 26.3 Å². The van der Waals surface area contributed by atoms with E-state index in [2.05, 4.69) is 23.8 Å². The molecule has 0 atom stereocenters. The van der Waals surface area contributed by atoms with Gasteiger partial charge in [-0.2, -0.15) is 0 Å². The zero-order valence-corrected chi connectivity index (χ0v) is 47.0. The molecular formula is C68H88N2O8. The van der Waals surface area contributed by atoms with Crippen LogP contribution in [0.15, 0.2) is 119 Å². The smallest absolute Gasteiger partial charge is 0.343 e. The lowest BCUT2D eigenvalue weighted by atomic mass is 10.1. The van der Waals surface area contributed by atoms with Gasteiger partial charge in [-0.05, 0) is 120 Å². The molecule has 0 fully saturated rings. The summed E-state index contributed by atoms with van der Waals surface area (Å²) in [6.07, 6.45) is 35.3. The molecular weight excluding hydrogens is 973 g/mol. The molecule has 0 bridgehead atoms.